The highest BCUT2D eigenvalue weighted by Gasteiger charge is 2.34. The Kier molecular flexibility index (Phi) is 6.13. The van der Waals surface area contributed by atoms with E-state index in [-0.39, 0.29) is 5.56 Å². The molecule has 0 N–H and O–H groups in total. The summed E-state index contributed by atoms with van der Waals surface area (Å²) in [6.45, 7) is 1.14. The molecule has 32 heavy (non-hydrogen) atoms. The van der Waals surface area contributed by atoms with Crippen LogP contribution in [0.5, 0.6) is 0 Å². The van der Waals surface area contributed by atoms with E-state index in [1.54, 1.807) is 12.1 Å². The SMILES string of the molecule is CC(=O)N(C(=O)C1CCc2ccccc2C1)c1c(F)cc(C#Cc2ccccc2)cc1F. The molecule has 0 bridgehead atoms. The average Bonchev–Trinajstić information content (AvgIpc) is 2.79. The summed E-state index contributed by atoms with van der Waals surface area (Å²) in [7, 11) is 0. The van der Waals surface area contributed by atoms with Crippen LogP contribution < -0.4 is 4.90 Å². The van der Waals surface area contributed by atoms with Crippen molar-refractivity contribution in [3.8, 4) is 11.8 Å². The Balaban J connectivity index is 1.63. The highest BCUT2D eigenvalue weighted by atomic mass is 19.1. The average molecular weight is 429 g/mol. The number of aryl methyl sites for hydroxylation is 1. The van der Waals surface area contributed by atoms with Crippen LogP contribution in [0.1, 0.15) is 35.6 Å². The van der Waals surface area contributed by atoms with Crippen molar-refractivity contribution in [2.75, 3.05) is 4.90 Å². The fraction of sp³-hybridized carbons (Fsp3) is 0.185. The summed E-state index contributed by atoms with van der Waals surface area (Å²) in [6, 6.07) is 18.9. The summed E-state index contributed by atoms with van der Waals surface area (Å²) in [4.78, 5) is 26.1. The van der Waals surface area contributed by atoms with Crippen molar-refractivity contribution in [3.63, 3.8) is 0 Å². The van der Waals surface area contributed by atoms with Gasteiger partial charge in [-0.15, -0.1) is 0 Å². The number of benzene rings is 3. The second-order valence-corrected chi connectivity index (χ2v) is 7.81. The van der Waals surface area contributed by atoms with Gasteiger partial charge in [-0.3, -0.25) is 9.59 Å². The topological polar surface area (TPSA) is 37.4 Å². The van der Waals surface area contributed by atoms with Gasteiger partial charge in [-0.1, -0.05) is 54.3 Å². The Hall–Kier alpha value is -3.78. The highest BCUT2D eigenvalue weighted by Crippen LogP contribution is 2.31. The number of imide groups is 1. The van der Waals surface area contributed by atoms with Crippen LogP contribution in [0.25, 0.3) is 0 Å². The Labute approximate surface area is 185 Å². The van der Waals surface area contributed by atoms with Crippen molar-refractivity contribution >= 4 is 17.5 Å². The van der Waals surface area contributed by atoms with Crippen molar-refractivity contribution in [3.05, 3.63) is 101 Å². The normalized spacial score (nSPS) is 14.7. The molecule has 2 amide bonds. The van der Waals surface area contributed by atoms with Gasteiger partial charge in [0.15, 0.2) is 11.6 Å². The lowest BCUT2D eigenvalue weighted by Gasteiger charge is -2.29. The van der Waals surface area contributed by atoms with E-state index in [0.717, 1.165) is 30.2 Å². The van der Waals surface area contributed by atoms with Crippen molar-refractivity contribution < 1.29 is 18.4 Å². The van der Waals surface area contributed by atoms with Gasteiger partial charge in [-0.05, 0) is 54.7 Å². The van der Waals surface area contributed by atoms with E-state index >= 15 is 0 Å². The molecule has 1 aliphatic rings. The molecular weight excluding hydrogens is 408 g/mol. The summed E-state index contributed by atoms with van der Waals surface area (Å²) >= 11 is 0. The quantitative estimate of drug-likeness (QED) is 0.535. The van der Waals surface area contributed by atoms with Gasteiger partial charge >= 0.3 is 0 Å². The molecule has 0 spiro atoms. The maximum atomic E-state index is 15.0. The maximum absolute atomic E-state index is 15.0. The number of amides is 2. The minimum Gasteiger partial charge on any atom is -0.274 e. The van der Waals surface area contributed by atoms with Crippen LogP contribution in [0.2, 0.25) is 0 Å². The van der Waals surface area contributed by atoms with Gasteiger partial charge in [0.25, 0.3) is 0 Å². The second kappa shape index (κ2) is 9.15. The van der Waals surface area contributed by atoms with Gasteiger partial charge < -0.3 is 0 Å². The van der Waals surface area contributed by atoms with Crippen LogP contribution in [0.15, 0.2) is 66.7 Å². The van der Waals surface area contributed by atoms with Crippen LogP contribution >= 0.6 is 0 Å². The van der Waals surface area contributed by atoms with Gasteiger partial charge in [0, 0.05) is 24.0 Å². The number of rotatable bonds is 2. The lowest BCUT2D eigenvalue weighted by molar-refractivity contribution is -0.128. The third kappa shape index (κ3) is 4.45. The van der Waals surface area contributed by atoms with Crippen LogP contribution in [-0.2, 0) is 22.4 Å². The molecular formula is C27H21F2NO2. The Morgan fingerprint density at radius 2 is 1.47 bits per heavy atom. The van der Waals surface area contributed by atoms with E-state index in [9.17, 15) is 18.4 Å². The fourth-order valence-electron chi connectivity index (χ4n) is 4.03. The Bertz CT molecular complexity index is 1220. The molecule has 0 saturated heterocycles. The largest absolute Gasteiger partial charge is 0.274 e. The molecule has 0 aromatic heterocycles. The minimum atomic E-state index is -0.998. The van der Waals surface area contributed by atoms with Crippen molar-refractivity contribution in [2.24, 2.45) is 5.92 Å². The smallest absolute Gasteiger partial charge is 0.237 e. The van der Waals surface area contributed by atoms with E-state index in [0.29, 0.717) is 29.7 Å². The molecule has 3 aromatic rings. The standard InChI is InChI=1S/C27H21F2NO2/c1-18(31)30(27(32)23-14-13-21-9-5-6-10-22(21)17-23)26-24(28)15-20(16-25(26)29)12-11-19-7-3-2-4-8-19/h2-10,15-16,23H,13-14,17H2,1H3. The van der Waals surface area contributed by atoms with Gasteiger partial charge in [0.05, 0.1) is 0 Å². The van der Waals surface area contributed by atoms with Crippen LogP contribution in [0.4, 0.5) is 14.5 Å². The van der Waals surface area contributed by atoms with Crippen molar-refractivity contribution in [2.45, 2.75) is 26.2 Å². The molecule has 160 valence electrons. The molecule has 3 aromatic carbocycles. The van der Waals surface area contributed by atoms with Gasteiger partial charge in [0.2, 0.25) is 11.8 Å². The van der Waals surface area contributed by atoms with Crippen LogP contribution in [0.3, 0.4) is 0 Å². The monoisotopic (exact) mass is 429 g/mol. The van der Waals surface area contributed by atoms with Crippen molar-refractivity contribution in [1.29, 1.82) is 0 Å². The summed E-state index contributed by atoms with van der Waals surface area (Å²) in [5, 5.41) is 0. The van der Waals surface area contributed by atoms with Gasteiger partial charge in [0.1, 0.15) is 5.69 Å². The zero-order valence-electron chi connectivity index (χ0n) is 17.6. The molecule has 4 rings (SSSR count). The number of anilines is 1. The van der Waals surface area contributed by atoms with E-state index in [4.69, 9.17) is 0 Å². The number of nitrogens with zero attached hydrogens (tertiary/aromatic N) is 1. The molecule has 1 aliphatic carbocycles. The van der Waals surface area contributed by atoms with E-state index in [2.05, 4.69) is 11.8 Å². The van der Waals surface area contributed by atoms with Gasteiger partial charge in [-0.2, -0.15) is 0 Å². The number of halogens is 2. The predicted molar refractivity (Wildman–Crippen MR) is 119 cm³/mol. The number of hydrogen-bond donors (Lipinski definition) is 0. The summed E-state index contributed by atoms with van der Waals surface area (Å²) in [6.07, 6.45) is 1.63. The number of carbonyl (C=O) groups is 2. The predicted octanol–water partition coefficient (Wildman–Crippen LogP) is 5.05. The van der Waals surface area contributed by atoms with Crippen molar-refractivity contribution in [1.82, 2.24) is 0 Å². The summed E-state index contributed by atoms with van der Waals surface area (Å²) < 4.78 is 29.9. The zero-order valence-corrected chi connectivity index (χ0v) is 17.6. The minimum absolute atomic E-state index is 0.121. The molecule has 0 aliphatic heterocycles. The Morgan fingerprint density at radius 3 is 2.12 bits per heavy atom. The molecule has 0 fully saturated rings. The first kappa shape index (κ1) is 21.5. The lowest BCUT2D eigenvalue weighted by Crippen LogP contribution is -2.42. The molecule has 0 radical (unpaired) electrons. The third-order valence-corrected chi connectivity index (χ3v) is 5.60. The fourth-order valence-corrected chi connectivity index (χ4v) is 4.03. The first-order chi connectivity index (χ1) is 15.4. The first-order valence-corrected chi connectivity index (χ1v) is 10.4. The third-order valence-electron chi connectivity index (χ3n) is 5.60. The lowest BCUT2D eigenvalue weighted by atomic mass is 9.83. The molecule has 1 atom stereocenters. The number of hydrogen-bond acceptors (Lipinski definition) is 2. The summed E-state index contributed by atoms with van der Waals surface area (Å²) in [5.74, 6) is 1.73. The maximum Gasteiger partial charge on any atom is 0.237 e. The molecule has 5 heteroatoms. The first-order valence-electron chi connectivity index (χ1n) is 10.4. The molecule has 0 saturated carbocycles. The number of carbonyl (C=O) groups excluding carboxylic acids is 2. The van der Waals surface area contributed by atoms with Crippen LogP contribution in [-0.4, -0.2) is 11.8 Å². The highest BCUT2D eigenvalue weighted by molar-refractivity contribution is 6.15. The van der Waals surface area contributed by atoms with E-state index in [1.165, 1.54) is 0 Å². The second-order valence-electron chi connectivity index (χ2n) is 7.81. The van der Waals surface area contributed by atoms with E-state index in [1.807, 2.05) is 42.5 Å². The Morgan fingerprint density at radius 1 is 0.875 bits per heavy atom. The molecule has 0 heterocycles. The molecule has 1 unspecified atom stereocenters. The zero-order chi connectivity index (χ0) is 22.7. The number of fused-ring (bicyclic) bond motifs is 1. The van der Waals surface area contributed by atoms with E-state index < -0.39 is 35.1 Å². The van der Waals surface area contributed by atoms with Gasteiger partial charge in [-0.25, -0.2) is 13.7 Å². The molecule has 3 nitrogen and oxygen atoms in total. The summed E-state index contributed by atoms with van der Waals surface area (Å²) in [5.41, 5.74) is 2.36. The van der Waals surface area contributed by atoms with Crippen LogP contribution in [0, 0.1) is 29.4 Å².